The van der Waals surface area contributed by atoms with Gasteiger partial charge in [-0.2, -0.15) is 0 Å². The Balaban J connectivity index is 1.74. The van der Waals surface area contributed by atoms with Crippen molar-refractivity contribution < 1.29 is 15.0 Å². The summed E-state index contributed by atoms with van der Waals surface area (Å²) >= 11 is 0. The molecule has 0 radical (unpaired) electrons. The quantitative estimate of drug-likeness (QED) is 0.430. The number of aromatic hydroxyl groups is 1. The highest BCUT2D eigenvalue weighted by Gasteiger charge is 2.13. The van der Waals surface area contributed by atoms with Crippen molar-refractivity contribution >= 4 is 23.0 Å². The van der Waals surface area contributed by atoms with Crippen LogP contribution < -0.4 is 4.90 Å². The minimum Gasteiger partial charge on any atom is -0.507 e. The van der Waals surface area contributed by atoms with Gasteiger partial charge in [-0.05, 0) is 59.7 Å². The van der Waals surface area contributed by atoms with Crippen molar-refractivity contribution in [2.45, 2.75) is 0 Å². The van der Waals surface area contributed by atoms with Gasteiger partial charge in [0.05, 0.1) is 0 Å². The first-order valence-corrected chi connectivity index (χ1v) is 9.20. The molecule has 0 amide bonds. The largest absolute Gasteiger partial charge is 0.507 e. The van der Waals surface area contributed by atoms with Gasteiger partial charge in [-0.3, -0.25) is 0 Å². The molecule has 0 heterocycles. The topological polar surface area (TPSA) is 60.8 Å². The summed E-state index contributed by atoms with van der Waals surface area (Å²) in [7, 11) is 0. The maximum Gasteiger partial charge on any atom is 0.339 e. The van der Waals surface area contributed by atoms with Crippen molar-refractivity contribution in [3.8, 4) is 16.9 Å². The lowest BCUT2D eigenvalue weighted by molar-refractivity contribution is 0.0694. The highest BCUT2D eigenvalue weighted by Crippen LogP contribution is 2.35. The molecule has 0 saturated heterocycles. The molecule has 0 atom stereocenters. The molecule has 0 aliphatic carbocycles. The van der Waals surface area contributed by atoms with Crippen molar-refractivity contribution in [3.05, 3.63) is 109 Å². The fourth-order valence-electron chi connectivity index (χ4n) is 3.29. The second-order valence-electron chi connectivity index (χ2n) is 6.59. The van der Waals surface area contributed by atoms with E-state index >= 15 is 0 Å². The van der Waals surface area contributed by atoms with Crippen molar-refractivity contribution in [1.29, 1.82) is 0 Å². The Kier molecular flexibility index (Phi) is 4.99. The number of carbonyl (C=O) groups is 1. The zero-order valence-electron chi connectivity index (χ0n) is 15.6. The fourth-order valence-corrected chi connectivity index (χ4v) is 3.29. The van der Waals surface area contributed by atoms with Gasteiger partial charge in [0, 0.05) is 17.1 Å². The molecule has 0 saturated carbocycles. The number of para-hydroxylation sites is 2. The average Bonchev–Trinajstić information content (AvgIpc) is 2.76. The normalized spacial score (nSPS) is 10.5. The number of hydrogen-bond acceptors (Lipinski definition) is 3. The molecule has 0 aromatic heterocycles. The molecule has 2 N–H and O–H groups in total. The van der Waals surface area contributed by atoms with E-state index in [0.29, 0.717) is 0 Å². The molecule has 142 valence electrons. The van der Waals surface area contributed by atoms with Crippen LogP contribution in [0.1, 0.15) is 10.4 Å². The van der Waals surface area contributed by atoms with Crippen molar-refractivity contribution in [2.24, 2.45) is 0 Å². The van der Waals surface area contributed by atoms with Crippen molar-refractivity contribution in [2.75, 3.05) is 4.90 Å². The molecule has 0 fully saturated rings. The SMILES string of the molecule is O=C(O)c1cc(-c2ccc(N(c3ccccc3)c3ccccc3)cc2)ccc1O. The second kappa shape index (κ2) is 7.90. The van der Waals surface area contributed by atoms with Crippen LogP contribution in [0, 0.1) is 0 Å². The summed E-state index contributed by atoms with van der Waals surface area (Å²) in [5, 5.41) is 19.0. The van der Waals surface area contributed by atoms with Crippen LogP contribution in [0.5, 0.6) is 5.75 Å². The first-order valence-electron chi connectivity index (χ1n) is 9.20. The van der Waals surface area contributed by atoms with Gasteiger partial charge in [-0.1, -0.05) is 54.6 Å². The van der Waals surface area contributed by atoms with Crippen LogP contribution in [0.4, 0.5) is 17.1 Å². The van der Waals surface area contributed by atoms with Crippen molar-refractivity contribution in [1.82, 2.24) is 0 Å². The van der Waals surface area contributed by atoms with E-state index in [1.807, 2.05) is 60.7 Å². The number of hydrogen-bond donors (Lipinski definition) is 2. The monoisotopic (exact) mass is 381 g/mol. The lowest BCUT2D eigenvalue weighted by Gasteiger charge is -2.25. The van der Waals surface area contributed by atoms with E-state index in [4.69, 9.17) is 0 Å². The Hall–Kier alpha value is -4.05. The molecule has 29 heavy (non-hydrogen) atoms. The van der Waals surface area contributed by atoms with Gasteiger partial charge in [-0.25, -0.2) is 4.79 Å². The van der Waals surface area contributed by atoms with Crippen LogP contribution in [0.3, 0.4) is 0 Å². The highest BCUT2D eigenvalue weighted by molar-refractivity contribution is 5.92. The van der Waals surface area contributed by atoms with Crippen LogP contribution in [-0.4, -0.2) is 16.2 Å². The molecule has 0 aliphatic heterocycles. The summed E-state index contributed by atoms with van der Waals surface area (Å²) in [4.78, 5) is 13.5. The van der Waals surface area contributed by atoms with Gasteiger partial charge < -0.3 is 15.1 Å². The Morgan fingerprint density at radius 2 is 1.10 bits per heavy atom. The van der Waals surface area contributed by atoms with E-state index < -0.39 is 5.97 Å². The van der Waals surface area contributed by atoms with Crippen LogP contribution in [0.15, 0.2) is 103 Å². The molecule has 4 rings (SSSR count). The number of rotatable bonds is 5. The lowest BCUT2D eigenvalue weighted by Crippen LogP contribution is -2.09. The van der Waals surface area contributed by atoms with E-state index in [1.54, 1.807) is 6.07 Å². The Morgan fingerprint density at radius 3 is 1.62 bits per heavy atom. The first kappa shape index (κ1) is 18.3. The number of nitrogens with zero attached hydrogens (tertiary/aromatic N) is 1. The molecule has 4 nitrogen and oxygen atoms in total. The lowest BCUT2D eigenvalue weighted by atomic mass is 10.0. The van der Waals surface area contributed by atoms with E-state index in [2.05, 4.69) is 29.2 Å². The second-order valence-corrected chi connectivity index (χ2v) is 6.59. The summed E-state index contributed by atoms with van der Waals surface area (Å²) in [6, 6.07) is 32.7. The molecule has 0 unspecified atom stereocenters. The average molecular weight is 381 g/mol. The predicted molar refractivity (Wildman–Crippen MR) is 115 cm³/mol. The van der Waals surface area contributed by atoms with Gasteiger partial charge in [0.25, 0.3) is 0 Å². The Bertz CT molecular complexity index is 1080. The third-order valence-electron chi connectivity index (χ3n) is 4.71. The molecule has 4 aromatic carbocycles. The fraction of sp³-hybridized carbons (Fsp3) is 0. The molecular formula is C25H19NO3. The maximum absolute atomic E-state index is 11.3. The third-order valence-corrected chi connectivity index (χ3v) is 4.71. The summed E-state index contributed by atoms with van der Waals surface area (Å²) in [6.07, 6.45) is 0. The van der Waals surface area contributed by atoms with Crippen LogP contribution >= 0.6 is 0 Å². The van der Waals surface area contributed by atoms with E-state index in [9.17, 15) is 15.0 Å². The number of benzene rings is 4. The van der Waals surface area contributed by atoms with Crippen molar-refractivity contribution in [3.63, 3.8) is 0 Å². The molecule has 4 aromatic rings. The van der Waals surface area contributed by atoms with Gasteiger partial charge in [-0.15, -0.1) is 0 Å². The Morgan fingerprint density at radius 1 is 0.621 bits per heavy atom. The van der Waals surface area contributed by atoms with Gasteiger partial charge in [0.2, 0.25) is 0 Å². The Labute approximate surface area is 168 Å². The highest BCUT2D eigenvalue weighted by atomic mass is 16.4. The predicted octanol–water partition coefficient (Wildman–Crippen LogP) is 6.23. The van der Waals surface area contributed by atoms with E-state index in [0.717, 1.165) is 28.2 Å². The summed E-state index contributed by atoms with van der Waals surface area (Å²) in [5.41, 5.74) is 4.58. The minimum absolute atomic E-state index is 0.109. The minimum atomic E-state index is -1.15. The molecular weight excluding hydrogens is 362 g/mol. The maximum atomic E-state index is 11.3. The number of anilines is 3. The molecule has 0 aliphatic rings. The standard InChI is InChI=1S/C25H19NO3/c27-24-16-13-19(17-23(24)25(28)29)18-11-14-22(15-12-18)26(20-7-3-1-4-8-20)21-9-5-2-6-10-21/h1-17,27H,(H,28,29). The van der Waals surface area contributed by atoms with E-state index in [1.165, 1.54) is 12.1 Å². The zero-order chi connectivity index (χ0) is 20.2. The first-order chi connectivity index (χ1) is 14.1. The van der Waals surface area contributed by atoms with Gasteiger partial charge in [0.15, 0.2) is 0 Å². The van der Waals surface area contributed by atoms with E-state index in [-0.39, 0.29) is 11.3 Å². The summed E-state index contributed by atoms with van der Waals surface area (Å²) in [5.74, 6) is -1.39. The number of phenols is 1. The van der Waals surface area contributed by atoms with Gasteiger partial charge in [0.1, 0.15) is 11.3 Å². The number of carboxylic acid groups (broad SMARTS) is 1. The van der Waals surface area contributed by atoms with Crippen LogP contribution in [0.2, 0.25) is 0 Å². The van der Waals surface area contributed by atoms with Gasteiger partial charge >= 0.3 is 5.97 Å². The third kappa shape index (κ3) is 3.82. The number of aromatic carboxylic acids is 1. The van der Waals surface area contributed by atoms with Crippen LogP contribution in [-0.2, 0) is 0 Å². The number of carboxylic acids is 1. The molecule has 4 heteroatoms. The van der Waals surface area contributed by atoms with Crippen LogP contribution in [0.25, 0.3) is 11.1 Å². The molecule has 0 spiro atoms. The summed E-state index contributed by atoms with van der Waals surface area (Å²) in [6.45, 7) is 0. The molecule has 0 bridgehead atoms. The smallest absolute Gasteiger partial charge is 0.339 e. The zero-order valence-corrected chi connectivity index (χ0v) is 15.6. The summed E-state index contributed by atoms with van der Waals surface area (Å²) < 4.78 is 0.